The number of piperidine rings is 1. The first-order chi connectivity index (χ1) is 10.0. The smallest absolute Gasteiger partial charge is 0.327 e. The van der Waals surface area contributed by atoms with Gasteiger partial charge in [-0.05, 0) is 12.8 Å². The first kappa shape index (κ1) is 15.1. The Morgan fingerprint density at radius 2 is 2.10 bits per heavy atom. The normalized spacial score (nSPS) is 16.4. The average molecular weight is 296 g/mol. The Labute approximate surface area is 120 Å². The molecule has 0 aliphatic carbocycles. The van der Waals surface area contributed by atoms with Crippen LogP contribution in [0.1, 0.15) is 12.8 Å². The quantitative estimate of drug-likeness (QED) is 0.523. The molecule has 1 N–H and O–H groups in total. The van der Waals surface area contributed by atoms with Gasteiger partial charge < -0.3 is 5.32 Å². The first-order valence-electron chi connectivity index (χ1n) is 6.50. The Bertz CT molecular complexity index is 580. The van der Waals surface area contributed by atoms with E-state index in [4.69, 9.17) is 5.26 Å². The molecule has 6 nitrogen and oxygen atoms in total. The lowest BCUT2D eigenvalue weighted by atomic mass is 10.0. The number of rotatable bonds is 4. The van der Waals surface area contributed by atoms with Crippen molar-refractivity contribution in [2.75, 3.05) is 25.0 Å². The van der Waals surface area contributed by atoms with Gasteiger partial charge in [0.25, 0.3) is 0 Å². The number of hydrogen-bond donors (Lipinski definition) is 1. The van der Waals surface area contributed by atoms with Crippen LogP contribution >= 0.6 is 0 Å². The number of halogens is 2. The highest BCUT2D eigenvalue weighted by atomic mass is 19.1. The number of nitriles is 1. The van der Waals surface area contributed by atoms with Crippen molar-refractivity contribution in [1.82, 2.24) is 4.90 Å². The van der Waals surface area contributed by atoms with Crippen LogP contribution in [0.4, 0.5) is 20.2 Å². The van der Waals surface area contributed by atoms with E-state index >= 15 is 0 Å². The fourth-order valence-electron chi connectivity index (χ4n) is 2.42. The van der Waals surface area contributed by atoms with Crippen molar-refractivity contribution < 1.29 is 13.7 Å². The predicted octanol–water partition coefficient (Wildman–Crippen LogP) is 2.27. The zero-order valence-electron chi connectivity index (χ0n) is 11.2. The molecule has 1 saturated heterocycles. The van der Waals surface area contributed by atoms with Gasteiger partial charge in [0.2, 0.25) is 5.82 Å². The Hall–Kier alpha value is -2.27. The number of nitro groups is 1. The largest absolute Gasteiger partial charge is 0.376 e. The Kier molecular flexibility index (Phi) is 4.65. The van der Waals surface area contributed by atoms with Crippen LogP contribution in [-0.4, -0.2) is 35.5 Å². The number of anilines is 1. The summed E-state index contributed by atoms with van der Waals surface area (Å²) in [5.41, 5.74) is -0.882. The highest BCUT2D eigenvalue weighted by molar-refractivity contribution is 5.62. The molecule has 0 saturated carbocycles. The summed E-state index contributed by atoms with van der Waals surface area (Å²) >= 11 is 0. The molecule has 2 rings (SSSR count). The van der Waals surface area contributed by atoms with Crippen molar-refractivity contribution in [2.45, 2.75) is 18.9 Å². The van der Waals surface area contributed by atoms with Crippen molar-refractivity contribution >= 4 is 11.4 Å². The number of nitrogens with one attached hydrogen (secondary N) is 1. The fourth-order valence-corrected chi connectivity index (χ4v) is 2.42. The molecule has 21 heavy (non-hydrogen) atoms. The summed E-state index contributed by atoms with van der Waals surface area (Å²) in [7, 11) is 0. The highest BCUT2D eigenvalue weighted by Gasteiger charge is 2.25. The number of benzene rings is 1. The van der Waals surface area contributed by atoms with Gasteiger partial charge in [0, 0.05) is 31.3 Å². The lowest BCUT2D eigenvalue weighted by molar-refractivity contribution is -0.386. The van der Waals surface area contributed by atoms with E-state index in [-0.39, 0.29) is 11.7 Å². The van der Waals surface area contributed by atoms with Crippen LogP contribution in [0.5, 0.6) is 0 Å². The minimum atomic E-state index is -1.19. The molecule has 0 spiro atoms. The van der Waals surface area contributed by atoms with Crippen molar-refractivity contribution in [3.8, 4) is 6.07 Å². The third-order valence-electron chi connectivity index (χ3n) is 3.45. The Morgan fingerprint density at radius 1 is 1.43 bits per heavy atom. The van der Waals surface area contributed by atoms with Crippen molar-refractivity contribution in [3.05, 3.63) is 33.9 Å². The summed E-state index contributed by atoms with van der Waals surface area (Å²) < 4.78 is 26.8. The molecule has 0 unspecified atom stereocenters. The van der Waals surface area contributed by atoms with E-state index in [1.807, 2.05) is 4.90 Å². The maximum Gasteiger partial charge on any atom is 0.327 e. The summed E-state index contributed by atoms with van der Waals surface area (Å²) in [4.78, 5) is 12.0. The van der Waals surface area contributed by atoms with Crippen LogP contribution in [0.25, 0.3) is 0 Å². The molecule has 0 bridgehead atoms. The molecule has 0 atom stereocenters. The third-order valence-corrected chi connectivity index (χ3v) is 3.45. The molecule has 1 aliphatic heterocycles. The second-order valence-electron chi connectivity index (χ2n) is 4.89. The van der Waals surface area contributed by atoms with Crippen molar-refractivity contribution in [2.24, 2.45) is 0 Å². The van der Waals surface area contributed by atoms with E-state index in [1.54, 1.807) is 0 Å². The maximum absolute atomic E-state index is 13.5. The molecular weight excluding hydrogens is 282 g/mol. The van der Waals surface area contributed by atoms with Gasteiger partial charge in [-0.3, -0.25) is 15.0 Å². The van der Waals surface area contributed by atoms with Gasteiger partial charge in [0.15, 0.2) is 0 Å². The van der Waals surface area contributed by atoms with Gasteiger partial charge in [0.1, 0.15) is 11.5 Å². The van der Waals surface area contributed by atoms with Crippen LogP contribution in [0.15, 0.2) is 12.1 Å². The second kappa shape index (κ2) is 6.45. The van der Waals surface area contributed by atoms with E-state index in [1.165, 1.54) is 0 Å². The molecule has 1 fully saturated rings. The molecule has 1 aliphatic rings. The summed E-state index contributed by atoms with van der Waals surface area (Å²) in [6.07, 6.45) is 1.30. The Balaban J connectivity index is 2.10. The first-order valence-corrected chi connectivity index (χ1v) is 6.50. The highest BCUT2D eigenvalue weighted by Crippen LogP contribution is 2.30. The number of hydrogen-bond acceptors (Lipinski definition) is 5. The molecule has 0 aromatic heterocycles. The molecular formula is C13H14F2N4O2. The van der Waals surface area contributed by atoms with E-state index in [2.05, 4.69) is 11.4 Å². The lowest BCUT2D eigenvalue weighted by Gasteiger charge is -2.31. The van der Waals surface area contributed by atoms with E-state index in [0.717, 1.165) is 6.07 Å². The summed E-state index contributed by atoms with van der Waals surface area (Å²) in [6, 6.07) is 3.38. The lowest BCUT2D eigenvalue weighted by Crippen LogP contribution is -2.39. The van der Waals surface area contributed by atoms with Crippen molar-refractivity contribution in [3.63, 3.8) is 0 Å². The number of likely N-dealkylation sites (tertiary alicyclic amines) is 1. The molecule has 0 radical (unpaired) electrons. The molecule has 112 valence electrons. The van der Waals surface area contributed by atoms with Gasteiger partial charge in [-0.2, -0.15) is 9.65 Å². The average Bonchev–Trinajstić information content (AvgIpc) is 2.40. The van der Waals surface area contributed by atoms with Crippen LogP contribution in [0.3, 0.4) is 0 Å². The van der Waals surface area contributed by atoms with E-state index in [9.17, 15) is 18.9 Å². The number of nitro benzene ring substituents is 1. The molecule has 1 aromatic rings. The predicted molar refractivity (Wildman–Crippen MR) is 71.7 cm³/mol. The molecule has 1 aromatic carbocycles. The van der Waals surface area contributed by atoms with Gasteiger partial charge in [0.05, 0.1) is 17.5 Å². The maximum atomic E-state index is 13.5. The van der Waals surface area contributed by atoms with Gasteiger partial charge in [-0.1, -0.05) is 0 Å². The summed E-state index contributed by atoms with van der Waals surface area (Å²) in [5, 5.41) is 22.3. The standard InChI is InChI=1S/C13H14F2N4O2/c14-9-7-11(15)13(19(20)21)12(8-9)17-10-1-4-18(5-2-10)6-3-16/h7-8,10,17H,1-2,4-6H2. The van der Waals surface area contributed by atoms with Crippen molar-refractivity contribution in [1.29, 1.82) is 5.26 Å². The van der Waals surface area contributed by atoms with Crippen LogP contribution < -0.4 is 5.32 Å². The second-order valence-corrected chi connectivity index (χ2v) is 4.89. The van der Waals surface area contributed by atoms with E-state index in [0.29, 0.717) is 38.5 Å². The summed E-state index contributed by atoms with van der Waals surface area (Å²) in [6.45, 7) is 1.66. The van der Waals surface area contributed by atoms with Crippen LogP contribution in [0, 0.1) is 33.1 Å². The number of nitrogens with zero attached hydrogens (tertiary/aromatic N) is 3. The summed E-state index contributed by atoms with van der Waals surface area (Å²) in [5.74, 6) is -2.05. The van der Waals surface area contributed by atoms with E-state index < -0.39 is 22.2 Å². The Morgan fingerprint density at radius 3 is 2.67 bits per heavy atom. The SMILES string of the molecule is N#CCN1CCC(Nc2cc(F)cc(F)c2[N+](=O)[O-])CC1. The van der Waals surface area contributed by atoms with Gasteiger partial charge >= 0.3 is 5.69 Å². The molecule has 1 heterocycles. The molecule has 0 amide bonds. The van der Waals surface area contributed by atoms with Gasteiger partial charge in [-0.25, -0.2) is 4.39 Å². The fraction of sp³-hybridized carbons (Fsp3) is 0.462. The van der Waals surface area contributed by atoms with Crippen LogP contribution in [0.2, 0.25) is 0 Å². The van der Waals surface area contributed by atoms with Crippen LogP contribution in [-0.2, 0) is 0 Å². The molecule has 8 heteroatoms. The zero-order chi connectivity index (χ0) is 15.4. The monoisotopic (exact) mass is 296 g/mol. The topological polar surface area (TPSA) is 82.2 Å². The minimum absolute atomic E-state index is 0.111. The minimum Gasteiger partial charge on any atom is -0.376 e. The third kappa shape index (κ3) is 3.64. The zero-order valence-corrected chi connectivity index (χ0v) is 11.2. The van der Waals surface area contributed by atoms with Gasteiger partial charge in [-0.15, -0.1) is 0 Å².